The molecular weight excluding hydrogens is 218 g/mol. The van der Waals surface area contributed by atoms with Crippen LogP contribution >= 0.6 is 11.3 Å². The molecule has 2 heterocycles. The van der Waals surface area contributed by atoms with E-state index in [2.05, 4.69) is 26.8 Å². The second-order valence-electron chi connectivity index (χ2n) is 5.39. The van der Waals surface area contributed by atoms with Gasteiger partial charge in [0.05, 0.1) is 22.5 Å². The second-order valence-corrected chi connectivity index (χ2v) is 6.52. The normalized spacial score (nSPS) is 20.2. The van der Waals surface area contributed by atoms with Crippen LogP contribution in [0.25, 0.3) is 0 Å². The van der Waals surface area contributed by atoms with E-state index in [1.165, 1.54) is 10.4 Å². The molecule has 0 saturated carbocycles. The average molecular weight is 236 g/mol. The maximum atomic E-state index is 9.06. The van der Waals surface area contributed by atoms with Crippen molar-refractivity contribution in [3.63, 3.8) is 0 Å². The van der Waals surface area contributed by atoms with E-state index in [1.807, 2.05) is 0 Å². The fourth-order valence-electron chi connectivity index (χ4n) is 2.26. The number of nitriles is 1. The van der Waals surface area contributed by atoms with E-state index in [9.17, 15) is 0 Å². The Labute approximate surface area is 100 Å². The molecule has 2 rings (SSSR count). The maximum Gasteiger partial charge on any atom is 0.113 e. The zero-order valence-corrected chi connectivity index (χ0v) is 10.9. The Hall–Kier alpha value is -1.05. The van der Waals surface area contributed by atoms with Crippen LogP contribution < -0.4 is 10.6 Å². The average Bonchev–Trinajstić information content (AvgIpc) is 2.50. The van der Waals surface area contributed by atoms with Crippen molar-refractivity contribution < 1.29 is 4.90 Å². The summed E-state index contributed by atoms with van der Waals surface area (Å²) >= 11 is 1.60. The van der Waals surface area contributed by atoms with Gasteiger partial charge >= 0.3 is 0 Å². The van der Waals surface area contributed by atoms with E-state index in [0.717, 1.165) is 25.1 Å². The second kappa shape index (κ2) is 3.76. The molecule has 1 aliphatic rings. The third-order valence-corrected chi connectivity index (χ3v) is 4.40. The van der Waals surface area contributed by atoms with Gasteiger partial charge in [0.25, 0.3) is 0 Å². The largest absolute Gasteiger partial charge is 0.389 e. The summed E-state index contributed by atoms with van der Waals surface area (Å²) in [7, 11) is 0. The van der Waals surface area contributed by atoms with Gasteiger partial charge in [0, 0.05) is 6.42 Å². The number of anilines is 1. The molecule has 1 unspecified atom stereocenters. The molecule has 0 aromatic carbocycles. The van der Waals surface area contributed by atoms with Crippen molar-refractivity contribution in [3.05, 3.63) is 16.0 Å². The predicted molar refractivity (Wildman–Crippen MR) is 66.4 cm³/mol. The van der Waals surface area contributed by atoms with Crippen LogP contribution in [0.2, 0.25) is 0 Å². The molecule has 86 valence electrons. The Morgan fingerprint density at radius 3 is 2.69 bits per heavy atom. The first-order valence-corrected chi connectivity index (χ1v) is 6.40. The molecule has 0 spiro atoms. The number of nitrogens with zero attached hydrogens (tertiary/aromatic N) is 1. The molecule has 1 aromatic rings. The lowest BCUT2D eigenvalue weighted by Crippen LogP contribution is -3.18. The Morgan fingerprint density at radius 1 is 1.44 bits per heavy atom. The number of thiophene rings is 1. The van der Waals surface area contributed by atoms with E-state index < -0.39 is 0 Å². The number of nitrogens with one attached hydrogen (secondary N) is 1. The standard InChI is InChI=1S/C12H17N3S/c1-12(2,3)15-5-4-8-9(6-13)11(14)16-10(8)7-15/h4-5,7,14H2,1-3H3/p+1. The molecule has 0 amide bonds. The highest BCUT2D eigenvalue weighted by atomic mass is 32.1. The zero-order chi connectivity index (χ0) is 11.9. The summed E-state index contributed by atoms with van der Waals surface area (Å²) in [6.07, 6.45) is 0.985. The van der Waals surface area contributed by atoms with Crippen LogP contribution in [0.5, 0.6) is 0 Å². The van der Waals surface area contributed by atoms with Gasteiger partial charge in [0.1, 0.15) is 17.6 Å². The minimum absolute atomic E-state index is 0.267. The van der Waals surface area contributed by atoms with Crippen LogP contribution in [-0.2, 0) is 13.0 Å². The Bertz CT molecular complexity index is 448. The lowest BCUT2D eigenvalue weighted by atomic mass is 9.98. The molecule has 1 atom stereocenters. The van der Waals surface area contributed by atoms with Crippen LogP contribution in [-0.4, -0.2) is 12.1 Å². The van der Waals surface area contributed by atoms with Gasteiger partial charge in [0.15, 0.2) is 0 Å². The van der Waals surface area contributed by atoms with E-state index in [1.54, 1.807) is 16.2 Å². The first-order chi connectivity index (χ1) is 7.43. The van der Waals surface area contributed by atoms with Crippen molar-refractivity contribution in [3.8, 4) is 6.07 Å². The number of quaternary nitrogens is 1. The van der Waals surface area contributed by atoms with Crippen molar-refractivity contribution in [2.45, 2.75) is 39.3 Å². The van der Waals surface area contributed by atoms with Gasteiger partial charge in [-0.2, -0.15) is 5.26 Å². The van der Waals surface area contributed by atoms with Gasteiger partial charge in [-0.15, -0.1) is 11.3 Å². The molecule has 1 aliphatic heterocycles. The number of hydrogen-bond acceptors (Lipinski definition) is 3. The molecule has 4 heteroatoms. The van der Waals surface area contributed by atoms with Crippen molar-refractivity contribution in [2.24, 2.45) is 0 Å². The highest BCUT2D eigenvalue weighted by Gasteiger charge is 2.32. The first-order valence-electron chi connectivity index (χ1n) is 5.58. The molecule has 0 saturated heterocycles. The first kappa shape index (κ1) is 11.4. The topological polar surface area (TPSA) is 54.2 Å². The summed E-state index contributed by atoms with van der Waals surface area (Å²) in [6, 6.07) is 2.23. The van der Waals surface area contributed by atoms with Gasteiger partial charge < -0.3 is 10.6 Å². The fraction of sp³-hybridized carbons (Fsp3) is 0.583. The van der Waals surface area contributed by atoms with Crippen molar-refractivity contribution in [2.75, 3.05) is 12.3 Å². The summed E-state index contributed by atoms with van der Waals surface area (Å²) in [6.45, 7) is 8.89. The number of fused-ring (bicyclic) bond motifs is 1. The van der Waals surface area contributed by atoms with Gasteiger partial charge in [-0.3, -0.25) is 0 Å². The summed E-state index contributed by atoms with van der Waals surface area (Å²) in [4.78, 5) is 2.89. The van der Waals surface area contributed by atoms with Crippen LogP contribution in [0, 0.1) is 11.3 Å². The van der Waals surface area contributed by atoms with Crippen LogP contribution in [0.3, 0.4) is 0 Å². The summed E-state index contributed by atoms with van der Waals surface area (Å²) in [5.41, 5.74) is 8.08. The fourth-order valence-corrected chi connectivity index (χ4v) is 3.37. The monoisotopic (exact) mass is 236 g/mol. The summed E-state index contributed by atoms with van der Waals surface area (Å²) in [5, 5.41) is 9.76. The van der Waals surface area contributed by atoms with Crippen molar-refractivity contribution in [1.29, 1.82) is 5.26 Å². The van der Waals surface area contributed by atoms with E-state index in [4.69, 9.17) is 11.0 Å². The van der Waals surface area contributed by atoms with Crippen LogP contribution in [0.15, 0.2) is 0 Å². The smallest absolute Gasteiger partial charge is 0.113 e. The number of hydrogen-bond donors (Lipinski definition) is 2. The molecule has 0 radical (unpaired) electrons. The Morgan fingerprint density at radius 2 is 2.12 bits per heavy atom. The predicted octanol–water partition coefficient (Wildman–Crippen LogP) is 0.941. The number of rotatable bonds is 0. The zero-order valence-electron chi connectivity index (χ0n) is 10.1. The van der Waals surface area contributed by atoms with Crippen molar-refractivity contribution in [1.82, 2.24) is 0 Å². The minimum atomic E-state index is 0.267. The highest BCUT2D eigenvalue weighted by molar-refractivity contribution is 7.16. The van der Waals surface area contributed by atoms with Crippen LogP contribution in [0.4, 0.5) is 5.00 Å². The molecule has 3 nitrogen and oxygen atoms in total. The van der Waals surface area contributed by atoms with Gasteiger partial charge in [-0.25, -0.2) is 0 Å². The molecule has 0 fully saturated rings. The molecule has 16 heavy (non-hydrogen) atoms. The maximum absolute atomic E-state index is 9.06. The van der Waals surface area contributed by atoms with E-state index in [0.29, 0.717) is 5.00 Å². The van der Waals surface area contributed by atoms with Crippen LogP contribution in [0.1, 0.15) is 36.8 Å². The van der Waals surface area contributed by atoms with Gasteiger partial charge in [-0.1, -0.05) is 0 Å². The highest BCUT2D eigenvalue weighted by Crippen LogP contribution is 2.31. The van der Waals surface area contributed by atoms with Gasteiger partial charge in [0.2, 0.25) is 0 Å². The number of nitrogens with two attached hydrogens (primary N) is 1. The Kier molecular flexibility index (Phi) is 2.69. The third-order valence-electron chi connectivity index (χ3n) is 3.34. The quantitative estimate of drug-likeness (QED) is 0.704. The summed E-state index contributed by atoms with van der Waals surface area (Å²) in [5.74, 6) is 0. The molecule has 0 aliphatic carbocycles. The minimum Gasteiger partial charge on any atom is -0.389 e. The molecular formula is C12H18N3S+. The van der Waals surface area contributed by atoms with E-state index >= 15 is 0 Å². The molecule has 1 aromatic heterocycles. The number of nitrogen functional groups attached to an aromatic ring is 1. The third kappa shape index (κ3) is 1.81. The van der Waals surface area contributed by atoms with Crippen molar-refractivity contribution >= 4 is 16.3 Å². The molecule has 0 bridgehead atoms. The van der Waals surface area contributed by atoms with E-state index in [-0.39, 0.29) is 5.54 Å². The summed E-state index contributed by atoms with van der Waals surface area (Å²) < 4.78 is 0. The lowest BCUT2D eigenvalue weighted by molar-refractivity contribution is -0.961. The SMILES string of the molecule is CC(C)(C)[NH+]1CCc2c(sc(N)c2C#N)C1. The lowest BCUT2D eigenvalue weighted by Gasteiger charge is -2.34. The molecule has 3 N–H and O–H groups in total. The Balaban J connectivity index is 2.33. The van der Waals surface area contributed by atoms with Gasteiger partial charge in [-0.05, 0) is 26.3 Å².